The number of aryl methyl sites for hydroxylation is 1. The summed E-state index contributed by atoms with van der Waals surface area (Å²) in [6.07, 6.45) is 7.74. The van der Waals surface area contributed by atoms with Gasteiger partial charge >= 0.3 is 0 Å². The van der Waals surface area contributed by atoms with E-state index in [2.05, 4.69) is 20.7 Å². The highest BCUT2D eigenvalue weighted by molar-refractivity contribution is 14.0. The standard InChI is InChI=1S/C16H30N6O2S.HI/c1-3-17-16(18-8-4-10-21-11-5-9-20-21)19-14-15-6-12-22(13-7-15)25(2,23)24;/h5,9,11,15H,3-4,6-8,10,12-14H2,1-2H3,(H2,17,18,19);1H. The van der Waals surface area contributed by atoms with Crippen molar-refractivity contribution in [3.05, 3.63) is 18.5 Å². The number of nitrogens with one attached hydrogen (secondary N) is 2. The van der Waals surface area contributed by atoms with E-state index in [0.717, 1.165) is 51.4 Å². The Bertz CT molecular complexity index is 627. The number of hydrogen-bond acceptors (Lipinski definition) is 4. The van der Waals surface area contributed by atoms with Crippen LogP contribution in [0.2, 0.25) is 0 Å². The fourth-order valence-electron chi connectivity index (χ4n) is 2.87. The highest BCUT2D eigenvalue weighted by Crippen LogP contribution is 2.19. The van der Waals surface area contributed by atoms with Crippen molar-refractivity contribution in [3.8, 4) is 0 Å². The average Bonchev–Trinajstić information content (AvgIpc) is 3.09. The van der Waals surface area contributed by atoms with Gasteiger partial charge in [-0.15, -0.1) is 24.0 Å². The van der Waals surface area contributed by atoms with E-state index in [9.17, 15) is 8.42 Å². The molecule has 2 heterocycles. The van der Waals surface area contributed by atoms with E-state index in [1.54, 1.807) is 10.5 Å². The summed E-state index contributed by atoms with van der Waals surface area (Å²) in [6.45, 7) is 6.51. The lowest BCUT2D eigenvalue weighted by atomic mass is 9.98. The molecule has 10 heteroatoms. The largest absolute Gasteiger partial charge is 0.357 e. The van der Waals surface area contributed by atoms with Crippen molar-refractivity contribution < 1.29 is 8.42 Å². The first kappa shape index (κ1) is 23.2. The number of sulfonamides is 1. The second-order valence-electron chi connectivity index (χ2n) is 6.37. The number of rotatable bonds is 8. The second kappa shape index (κ2) is 11.8. The minimum Gasteiger partial charge on any atom is -0.357 e. The van der Waals surface area contributed by atoms with Crippen LogP contribution in [0.3, 0.4) is 0 Å². The van der Waals surface area contributed by atoms with Crippen molar-refractivity contribution in [3.63, 3.8) is 0 Å². The summed E-state index contributed by atoms with van der Waals surface area (Å²) in [5.41, 5.74) is 0. The fraction of sp³-hybridized carbons (Fsp3) is 0.750. The normalized spacial score (nSPS) is 16.9. The molecule has 8 nitrogen and oxygen atoms in total. The maximum Gasteiger partial charge on any atom is 0.211 e. The van der Waals surface area contributed by atoms with E-state index in [0.29, 0.717) is 19.0 Å². The zero-order chi connectivity index (χ0) is 18.1. The van der Waals surface area contributed by atoms with Gasteiger partial charge in [0.1, 0.15) is 0 Å². The topological polar surface area (TPSA) is 91.6 Å². The van der Waals surface area contributed by atoms with Crippen LogP contribution in [0.25, 0.3) is 0 Å². The number of piperidine rings is 1. The highest BCUT2D eigenvalue weighted by Gasteiger charge is 2.24. The molecule has 26 heavy (non-hydrogen) atoms. The van der Waals surface area contributed by atoms with E-state index in [1.807, 2.05) is 23.9 Å². The predicted octanol–water partition coefficient (Wildman–Crippen LogP) is 1.12. The molecule has 1 aliphatic heterocycles. The number of hydrogen-bond donors (Lipinski definition) is 2. The van der Waals surface area contributed by atoms with Crippen molar-refractivity contribution in [2.45, 2.75) is 32.7 Å². The number of guanidine groups is 1. The van der Waals surface area contributed by atoms with E-state index >= 15 is 0 Å². The molecular formula is C16H31IN6O2S. The Morgan fingerprint density at radius 2 is 2.04 bits per heavy atom. The molecule has 0 saturated carbocycles. The lowest BCUT2D eigenvalue weighted by Gasteiger charge is -2.29. The van der Waals surface area contributed by atoms with Gasteiger partial charge in [0.15, 0.2) is 5.96 Å². The lowest BCUT2D eigenvalue weighted by molar-refractivity contribution is 0.280. The molecule has 0 atom stereocenters. The maximum absolute atomic E-state index is 11.5. The molecule has 0 spiro atoms. The third-order valence-corrected chi connectivity index (χ3v) is 5.61. The minimum absolute atomic E-state index is 0. The van der Waals surface area contributed by atoms with Crippen LogP contribution in [0.4, 0.5) is 0 Å². The molecule has 2 rings (SSSR count). The van der Waals surface area contributed by atoms with Crippen LogP contribution in [-0.2, 0) is 16.6 Å². The van der Waals surface area contributed by atoms with Gasteiger partial charge in [-0.3, -0.25) is 9.67 Å². The molecule has 150 valence electrons. The van der Waals surface area contributed by atoms with Crippen LogP contribution in [0.15, 0.2) is 23.5 Å². The van der Waals surface area contributed by atoms with E-state index in [-0.39, 0.29) is 24.0 Å². The summed E-state index contributed by atoms with van der Waals surface area (Å²) >= 11 is 0. The van der Waals surface area contributed by atoms with Gasteiger partial charge < -0.3 is 10.6 Å². The molecule has 1 aromatic rings. The van der Waals surface area contributed by atoms with Crippen molar-refractivity contribution in [1.29, 1.82) is 0 Å². The monoisotopic (exact) mass is 498 g/mol. The molecule has 1 saturated heterocycles. The summed E-state index contributed by atoms with van der Waals surface area (Å²) in [7, 11) is -3.06. The van der Waals surface area contributed by atoms with Crippen molar-refractivity contribution in [2.75, 3.05) is 39.0 Å². The van der Waals surface area contributed by atoms with Crippen molar-refractivity contribution >= 4 is 40.0 Å². The van der Waals surface area contributed by atoms with Crippen LogP contribution < -0.4 is 10.6 Å². The Morgan fingerprint density at radius 1 is 1.31 bits per heavy atom. The molecule has 0 radical (unpaired) electrons. The third-order valence-electron chi connectivity index (χ3n) is 4.31. The van der Waals surface area contributed by atoms with Crippen LogP contribution in [-0.4, -0.2) is 67.4 Å². The first-order valence-electron chi connectivity index (χ1n) is 8.93. The first-order valence-corrected chi connectivity index (χ1v) is 10.8. The molecule has 0 aliphatic carbocycles. The van der Waals surface area contributed by atoms with Crippen LogP contribution in [0.5, 0.6) is 0 Å². The van der Waals surface area contributed by atoms with Gasteiger partial charge in [0, 0.05) is 51.7 Å². The Kier molecular flexibility index (Phi) is 10.5. The van der Waals surface area contributed by atoms with E-state index < -0.39 is 10.0 Å². The van der Waals surface area contributed by atoms with E-state index in [4.69, 9.17) is 0 Å². The van der Waals surface area contributed by atoms with Gasteiger partial charge in [-0.2, -0.15) is 5.10 Å². The Balaban J connectivity index is 0.00000338. The zero-order valence-corrected chi connectivity index (χ0v) is 18.7. The van der Waals surface area contributed by atoms with Crippen LogP contribution >= 0.6 is 24.0 Å². The molecule has 0 bridgehead atoms. The quantitative estimate of drug-likeness (QED) is 0.243. The SMILES string of the molecule is CCNC(=NCC1CCN(S(C)(=O)=O)CC1)NCCCn1cccn1.I. The van der Waals surface area contributed by atoms with Gasteiger partial charge in [-0.1, -0.05) is 0 Å². The third kappa shape index (κ3) is 8.21. The van der Waals surface area contributed by atoms with Crippen molar-refractivity contribution in [2.24, 2.45) is 10.9 Å². The van der Waals surface area contributed by atoms with Gasteiger partial charge in [-0.25, -0.2) is 12.7 Å². The smallest absolute Gasteiger partial charge is 0.211 e. The van der Waals surface area contributed by atoms with E-state index in [1.165, 1.54) is 6.26 Å². The molecule has 1 aliphatic rings. The average molecular weight is 498 g/mol. The summed E-state index contributed by atoms with van der Waals surface area (Å²) in [5, 5.41) is 10.8. The highest BCUT2D eigenvalue weighted by atomic mass is 127. The summed E-state index contributed by atoms with van der Waals surface area (Å²) in [5.74, 6) is 1.27. The number of aromatic nitrogens is 2. The Morgan fingerprint density at radius 3 is 2.62 bits per heavy atom. The molecule has 0 unspecified atom stereocenters. The van der Waals surface area contributed by atoms with Crippen LogP contribution in [0.1, 0.15) is 26.2 Å². The second-order valence-corrected chi connectivity index (χ2v) is 8.36. The molecule has 1 fully saturated rings. The van der Waals surface area contributed by atoms with Gasteiger partial charge in [0.05, 0.1) is 6.26 Å². The summed E-state index contributed by atoms with van der Waals surface area (Å²) in [4.78, 5) is 4.66. The predicted molar refractivity (Wildman–Crippen MR) is 115 cm³/mol. The minimum atomic E-state index is -3.06. The van der Waals surface area contributed by atoms with Gasteiger partial charge in [0.2, 0.25) is 10.0 Å². The summed E-state index contributed by atoms with van der Waals surface area (Å²) < 4.78 is 26.6. The first-order chi connectivity index (χ1) is 12.0. The number of nitrogens with zero attached hydrogens (tertiary/aromatic N) is 4. The number of aliphatic imine (C=N–C) groups is 1. The Labute approximate surface area is 173 Å². The molecule has 2 N–H and O–H groups in total. The summed E-state index contributed by atoms with van der Waals surface area (Å²) in [6, 6.07) is 1.92. The molecule has 0 aromatic carbocycles. The maximum atomic E-state index is 11.5. The van der Waals surface area contributed by atoms with Crippen molar-refractivity contribution in [1.82, 2.24) is 24.7 Å². The molecule has 1 aromatic heterocycles. The zero-order valence-electron chi connectivity index (χ0n) is 15.6. The fourth-order valence-corrected chi connectivity index (χ4v) is 3.74. The van der Waals surface area contributed by atoms with Gasteiger partial charge in [0.25, 0.3) is 0 Å². The molecule has 0 amide bonds. The number of halogens is 1. The molecular weight excluding hydrogens is 467 g/mol. The Hall–Kier alpha value is -0.880. The lowest BCUT2D eigenvalue weighted by Crippen LogP contribution is -2.40. The van der Waals surface area contributed by atoms with Gasteiger partial charge in [-0.05, 0) is 38.2 Å². The van der Waals surface area contributed by atoms with Crippen LogP contribution in [0, 0.1) is 5.92 Å².